The highest BCUT2D eigenvalue weighted by atomic mass is 16.5. The van der Waals surface area contributed by atoms with Crippen LogP contribution in [0.15, 0.2) is 36.4 Å². The van der Waals surface area contributed by atoms with Crippen molar-refractivity contribution in [1.29, 1.82) is 0 Å². The SMILES string of the molecule is Cc1cccc(CNCc2ccc3c(c2)NC(=O)C(C)O3)c1C. The molecule has 2 aromatic rings. The van der Waals surface area contributed by atoms with Gasteiger partial charge in [0, 0.05) is 13.1 Å². The van der Waals surface area contributed by atoms with Gasteiger partial charge in [0.05, 0.1) is 5.69 Å². The molecule has 3 rings (SSSR count). The van der Waals surface area contributed by atoms with E-state index in [0.29, 0.717) is 0 Å². The lowest BCUT2D eigenvalue weighted by Crippen LogP contribution is -2.34. The Morgan fingerprint density at radius 1 is 1.17 bits per heavy atom. The normalized spacial score (nSPS) is 16.5. The number of nitrogens with one attached hydrogen (secondary N) is 2. The van der Waals surface area contributed by atoms with Crippen LogP contribution < -0.4 is 15.4 Å². The summed E-state index contributed by atoms with van der Waals surface area (Å²) in [6, 6.07) is 12.3. The Bertz CT molecular complexity index is 740. The fraction of sp³-hybridized carbons (Fsp3) is 0.316. The molecule has 1 unspecified atom stereocenters. The molecule has 120 valence electrons. The number of hydrogen-bond donors (Lipinski definition) is 2. The zero-order chi connectivity index (χ0) is 16.4. The molecule has 23 heavy (non-hydrogen) atoms. The minimum Gasteiger partial charge on any atom is -0.479 e. The topological polar surface area (TPSA) is 50.4 Å². The van der Waals surface area contributed by atoms with E-state index in [-0.39, 0.29) is 5.91 Å². The average Bonchev–Trinajstić information content (AvgIpc) is 2.53. The molecule has 0 aliphatic carbocycles. The molecule has 0 saturated heterocycles. The lowest BCUT2D eigenvalue weighted by Gasteiger charge is -2.23. The maximum atomic E-state index is 11.7. The van der Waals surface area contributed by atoms with Crippen LogP contribution in [0.3, 0.4) is 0 Å². The van der Waals surface area contributed by atoms with Crippen LogP contribution in [0.1, 0.15) is 29.2 Å². The van der Waals surface area contributed by atoms with Gasteiger partial charge in [-0.1, -0.05) is 24.3 Å². The number of anilines is 1. The molecule has 1 atom stereocenters. The number of aryl methyl sites for hydroxylation is 1. The second-order valence-electron chi connectivity index (χ2n) is 6.04. The molecule has 1 heterocycles. The largest absolute Gasteiger partial charge is 0.479 e. The molecule has 1 aliphatic heterocycles. The minimum atomic E-state index is -0.434. The lowest BCUT2D eigenvalue weighted by atomic mass is 10.0. The van der Waals surface area contributed by atoms with E-state index in [1.165, 1.54) is 16.7 Å². The van der Waals surface area contributed by atoms with Crippen LogP contribution in [0.2, 0.25) is 0 Å². The number of amides is 1. The van der Waals surface area contributed by atoms with Gasteiger partial charge in [0.1, 0.15) is 5.75 Å². The molecule has 2 N–H and O–H groups in total. The first-order valence-corrected chi connectivity index (χ1v) is 7.91. The van der Waals surface area contributed by atoms with E-state index >= 15 is 0 Å². The molecular weight excluding hydrogens is 288 g/mol. The Kier molecular flexibility index (Phi) is 4.35. The highest BCUT2D eigenvalue weighted by Crippen LogP contribution is 2.30. The van der Waals surface area contributed by atoms with Crippen molar-refractivity contribution in [3.63, 3.8) is 0 Å². The summed E-state index contributed by atoms with van der Waals surface area (Å²) in [5, 5.41) is 6.34. The molecule has 0 aromatic heterocycles. The van der Waals surface area contributed by atoms with Crippen LogP contribution in [-0.2, 0) is 17.9 Å². The number of hydrogen-bond acceptors (Lipinski definition) is 3. The molecule has 0 radical (unpaired) electrons. The molecule has 1 aliphatic rings. The Balaban J connectivity index is 1.64. The Labute approximate surface area is 136 Å². The molecule has 4 nitrogen and oxygen atoms in total. The third-order valence-electron chi connectivity index (χ3n) is 4.34. The molecule has 0 spiro atoms. The maximum Gasteiger partial charge on any atom is 0.265 e. The fourth-order valence-electron chi connectivity index (χ4n) is 2.71. The van der Waals surface area contributed by atoms with Gasteiger partial charge in [0.2, 0.25) is 0 Å². The predicted octanol–water partition coefficient (Wildman–Crippen LogP) is 3.31. The summed E-state index contributed by atoms with van der Waals surface area (Å²) in [6.45, 7) is 7.60. The second kappa shape index (κ2) is 6.42. The van der Waals surface area contributed by atoms with Crippen LogP contribution >= 0.6 is 0 Å². The zero-order valence-corrected chi connectivity index (χ0v) is 13.8. The second-order valence-corrected chi connectivity index (χ2v) is 6.04. The van der Waals surface area contributed by atoms with Crippen molar-refractivity contribution in [1.82, 2.24) is 5.32 Å². The van der Waals surface area contributed by atoms with E-state index in [1.807, 2.05) is 18.2 Å². The van der Waals surface area contributed by atoms with Crippen molar-refractivity contribution in [2.24, 2.45) is 0 Å². The molecular formula is C19H22N2O2. The van der Waals surface area contributed by atoms with Crippen molar-refractivity contribution in [2.75, 3.05) is 5.32 Å². The summed E-state index contributed by atoms with van der Waals surface area (Å²) in [7, 11) is 0. The van der Waals surface area contributed by atoms with E-state index in [9.17, 15) is 4.79 Å². The first-order valence-electron chi connectivity index (χ1n) is 7.91. The van der Waals surface area contributed by atoms with Crippen LogP contribution in [0, 0.1) is 13.8 Å². The summed E-state index contributed by atoms with van der Waals surface area (Å²) in [5.74, 6) is 0.633. The molecule has 0 saturated carbocycles. The van der Waals surface area contributed by atoms with Gasteiger partial charge in [-0.05, 0) is 55.2 Å². The van der Waals surface area contributed by atoms with Crippen molar-refractivity contribution in [3.05, 3.63) is 58.7 Å². The third kappa shape index (κ3) is 3.37. The number of rotatable bonds is 4. The van der Waals surface area contributed by atoms with Crippen molar-refractivity contribution < 1.29 is 9.53 Å². The summed E-state index contributed by atoms with van der Waals surface area (Å²) < 4.78 is 5.57. The highest BCUT2D eigenvalue weighted by molar-refractivity contribution is 5.97. The van der Waals surface area contributed by atoms with Crippen molar-refractivity contribution >= 4 is 11.6 Å². The predicted molar refractivity (Wildman–Crippen MR) is 91.6 cm³/mol. The van der Waals surface area contributed by atoms with Crippen LogP contribution in [0.4, 0.5) is 5.69 Å². The van der Waals surface area contributed by atoms with E-state index in [1.54, 1.807) is 6.92 Å². The number of fused-ring (bicyclic) bond motifs is 1. The summed E-state index contributed by atoms with van der Waals surface area (Å²) in [4.78, 5) is 11.7. The van der Waals surface area contributed by atoms with Gasteiger partial charge < -0.3 is 15.4 Å². The third-order valence-corrected chi connectivity index (χ3v) is 4.34. The zero-order valence-electron chi connectivity index (χ0n) is 13.8. The molecule has 0 fully saturated rings. The fourth-order valence-corrected chi connectivity index (χ4v) is 2.71. The number of benzene rings is 2. The standard InChI is InChI=1S/C19H22N2O2/c1-12-5-4-6-16(13(12)2)11-20-10-15-7-8-18-17(9-15)21-19(22)14(3)23-18/h4-9,14,20H,10-11H2,1-3H3,(H,21,22). The first kappa shape index (κ1) is 15.6. The van der Waals surface area contributed by atoms with Gasteiger partial charge >= 0.3 is 0 Å². The quantitative estimate of drug-likeness (QED) is 0.911. The van der Waals surface area contributed by atoms with Gasteiger partial charge in [-0.3, -0.25) is 4.79 Å². The molecule has 1 amide bonds. The summed E-state index contributed by atoms with van der Waals surface area (Å²) in [5.41, 5.74) is 5.83. The Morgan fingerprint density at radius 3 is 2.83 bits per heavy atom. The maximum absolute atomic E-state index is 11.7. The van der Waals surface area contributed by atoms with Gasteiger partial charge in [-0.15, -0.1) is 0 Å². The number of carbonyl (C=O) groups is 1. The van der Waals surface area contributed by atoms with Crippen molar-refractivity contribution in [2.45, 2.75) is 40.0 Å². The van der Waals surface area contributed by atoms with E-state index in [0.717, 1.165) is 30.1 Å². The number of carbonyl (C=O) groups excluding carboxylic acids is 1. The summed E-state index contributed by atoms with van der Waals surface area (Å²) >= 11 is 0. The van der Waals surface area contributed by atoms with Gasteiger partial charge in [0.25, 0.3) is 5.91 Å². The first-order chi connectivity index (χ1) is 11.0. The number of ether oxygens (including phenoxy) is 1. The van der Waals surface area contributed by atoms with Gasteiger partial charge in [-0.25, -0.2) is 0 Å². The van der Waals surface area contributed by atoms with Crippen LogP contribution in [0.5, 0.6) is 5.75 Å². The molecule has 4 heteroatoms. The average molecular weight is 310 g/mol. The monoisotopic (exact) mass is 310 g/mol. The smallest absolute Gasteiger partial charge is 0.265 e. The lowest BCUT2D eigenvalue weighted by molar-refractivity contribution is -0.122. The van der Waals surface area contributed by atoms with Gasteiger partial charge in [0.15, 0.2) is 6.10 Å². The van der Waals surface area contributed by atoms with Gasteiger partial charge in [-0.2, -0.15) is 0 Å². The van der Waals surface area contributed by atoms with Crippen LogP contribution in [-0.4, -0.2) is 12.0 Å². The Morgan fingerprint density at radius 2 is 2.00 bits per heavy atom. The van der Waals surface area contributed by atoms with E-state index in [4.69, 9.17) is 4.74 Å². The molecule has 0 bridgehead atoms. The Hall–Kier alpha value is -2.33. The highest BCUT2D eigenvalue weighted by Gasteiger charge is 2.23. The van der Waals surface area contributed by atoms with Crippen LogP contribution in [0.25, 0.3) is 0 Å². The summed E-state index contributed by atoms with van der Waals surface area (Å²) in [6.07, 6.45) is -0.434. The van der Waals surface area contributed by atoms with E-state index < -0.39 is 6.10 Å². The minimum absolute atomic E-state index is 0.0991. The van der Waals surface area contributed by atoms with E-state index in [2.05, 4.69) is 42.7 Å². The molecule has 2 aromatic carbocycles. The van der Waals surface area contributed by atoms with Crippen molar-refractivity contribution in [3.8, 4) is 5.75 Å².